The van der Waals surface area contributed by atoms with Crippen molar-refractivity contribution in [2.75, 3.05) is 0 Å². The molecule has 380 valence electrons. The Balaban J connectivity index is 4.51. The van der Waals surface area contributed by atoms with Gasteiger partial charge in [0, 0.05) is 19.3 Å². The van der Waals surface area contributed by atoms with Crippen LogP contribution in [0.25, 0.3) is 0 Å². The Morgan fingerprint density at radius 1 is 0.292 bits per heavy atom. The van der Waals surface area contributed by atoms with Gasteiger partial charge >= 0.3 is 25.7 Å². The number of carbonyl (C=O) groups is 3. The molecule has 0 aliphatic carbocycles. The molecular weight excluding hydrogens is 840 g/mol. The standard InChI is InChI=1S/C54H99O10P/c1-4-7-10-13-16-19-22-25-28-31-34-37-40-43-46-49-52(55)59-62-65(58,63-60-53(56)50-47-44-41-38-35-32-29-26-23-20-17-14-11-8-5-2)64-61-54(57)51-48-45-42-39-36-33-30-27-24-21-18-15-12-9-6-3/h25-30H,4-24,31-51H2,1-3H3/b28-25-,29-26-,30-27-. The van der Waals surface area contributed by atoms with E-state index >= 15 is 0 Å². The number of unbranched alkanes of at least 4 members (excludes halogenated alkanes) is 33. The molecule has 0 aromatic rings. The number of phosphoric acid groups is 1. The highest BCUT2D eigenvalue weighted by Crippen LogP contribution is 2.50. The Kier molecular flexibility index (Phi) is 49.4. The fourth-order valence-corrected chi connectivity index (χ4v) is 8.04. The molecule has 0 saturated carbocycles. The first-order valence-corrected chi connectivity index (χ1v) is 28.5. The second-order valence-electron chi connectivity index (χ2n) is 18.0. The minimum atomic E-state index is -4.95. The molecule has 0 aromatic heterocycles. The SMILES string of the molecule is CCCCCCCC/C=C\CCCCCCCC(=O)OOP(=O)(OOC(=O)CCCCCCC/C=C\CCCCCCCC)OOC(=O)CCCCCCC/C=C\CCCCCCCC. The average molecular weight is 939 g/mol. The van der Waals surface area contributed by atoms with E-state index in [1.54, 1.807) is 0 Å². The maximum Gasteiger partial charge on any atom is 0.584 e. The molecule has 0 radical (unpaired) electrons. The summed E-state index contributed by atoms with van der Waals surface area (Å²) in [4.78, 5) is 51.4. The summed E-state index contributed by atoms with van der Waals surface area (Å²) in [6.45, 7) is 6.73. The molecule has 0 spiro atoms. The summed E-state index contributed by atoms with van der Waals surface area (Å²) < 4.78 is 27.4. The summed E-state index contributed by atoms with van der Waals surface area (Å²) in [6.07, 6.45) is 57.6. The lowest BCUT2D eigenvalue weighted by Gasteiger charge is -2.13. The van der Waals surface area contributed by atoms with E-state index in [4.69, 9.17) is 28.7 Å². The van der Waals surface area contributed by atoms with Gasteiger partial charge in [0.05, 0.1) is 0 Å². The number of carbonyl (C=O) groups excluding carboxylic acids is 3. The van der Waals surface area contributed by atoms with Crippen molar-refractivity contribution in [3.8, 4) is 0 Å². The van der Waals surface area contributed by atoms with Crippen LogP contribution in [0.1, 0.15) is 290 Å². The summed E-state index contributed by atoms with van der Waals surface area (Å²) in [7, 11) is -4.95. The maximum atomic E-state index is 13.3. The van der Waals surface area contributed by atoms with Crippen LogP contribution in [0.5, 0.6) is 0 Å². The predicted octanol–water partition coefficient (Wildman–Crippen LogP) is 18.6. The van der Waals surface area contributed by atoms with E-state index in [0.717, 1.165) is 116 Å². The summed E-state index contributed by atoms with van der Waals surface area (Å²) >= 11 is 0. The van der Waals surface area contributed by atoms with E-state index in [0.29, 0.717) is 19.3 Å². The van der Waals surface area contributed by atoms with Gasteiger partial charge in [0.25, 0.3) is 0 Å². The Bertz CT molecular complexity index is 1060. The molecule has 0 aliphatic rings. The van der Waals surface area contributed by atoms with Gasteiger partial charge in [-0.1, -0.05) is 225 Å². The highest BCUT2D eigenvalue weighted by Gasteiger charge is 2.37. The molecule has 0 heterocycles. The molecule has 0 aliphatic heterocycles. The highest BCUT2D eigenvalue weighted by molar-refractivity contribution is 7.48. The van der Waals surface area contributed by atoms with Gasteiger partial charge in [-0.15, -0.1) is 0 Å². The zero-order chi connectivity index (χ0) is 47.4. The smallest absolute Gasteiger partial charge is 0.288 e. The van der Waals surface area contributed by atoms with Gasteiger partial charge in [-0.3, -0.25) is 14.7 Å². The van der Waals surface area contributed by atoms with E-state index in [1.807, 2.05) is 0 Å². The van der Waals surface area contributed by atoms with E-state index in [1.165, 1.54) is 116 Å². The third-order valence-electron chi connectivity index (χ3n) is 11.6. The molecule has 0 unspecified atom stereocenters. The molecular formula is C54H99O10P. The summed E-state index contributed by atoms with van der Waals surface area (Å²) in [6, 6.07) is 0. The number of allylic oxidation sites excluding steroid dienone is 6. The zero-order valence-corrected chi connectivity index (χ0v) is 43.1. The van der Waals surface area contributed by atoms with Crippen LogP contribution in [-0.4, -0.2) is 17.9 Å². The molecule has 0 aromatic carbocycles. The van der Waals surface area contributed by atoms with Crippen molar-refractivity contribution in [3.63, 3.8) is 0 Å². The largest absolute Gasteiger partial charge is 0.584 e. The van der Waals surface area contributed by atoms with Crippen LogP contribution >= 0.6 is 7.82 Å². The Morgan fingerprint density at radius 2 is 0.477 bits per heavy atom. The molecule has 0 bridgehead atoms. The van der Waals surface area contributed by atoms with Gasteiger partial charge in [-0.25, -0.2) is 18.9 Å². The summed E-state index contributed by atoms with van der Waals surface area (Å²) in [5.74, 6) is -2.39. The Hall–Kier alpha value is -2.26. The van der Waals surface area contributed by atoms with Gasteiger partial charge in [0.1, 0.15) is 0 Å². The molecule has 65 heavy (non-hydrogen) atoms. The lowest BCUT2D eigenvalue weighted by Crippen LogP contribution is -2.12. The zero-order valence-electron chi connectivity index (χ0n) is 42.2. The van der Waals surface area contributed by atoms with E-state index in [-0.39, 0.29) is 19.3 Å². The van der Waals surface area contributed by atoms with Crippen LogP contribution in [-0.2, 0) is 47.6 Å². The average Bonchev–Trinajstić information content (AvgIpc) is 3.30. The normalized spacial score (nSPS) is 12.0. The van der Waals surface area contributed by atoms with E-state index in [9.17, 15) is 18.9 Å². The maximum absolute atomic E-state index is 13.3. The second kappa shape index (κ2) is 51.1. The van der Waals surface area contributed by atoms with Gasteiger partial charge in [0.15, 0.2) is 0 Å². The first-order valence-electron chi connectivity index (χ1n) is 27.1. The third kappa shape index (κ3) is 49.5. The van der Waals surface area contributed by atoms with Crippen molar-refractivity contribution in [2.24, 2.45) is 0 Å². The van der Waals surface area contributed by atoms with Crippen LogP contribution in [0.3, 0.4) is 0 Å². The van der Waals surface area contributed by atoms with Crippen LogP contribution < -0.4 is 0 Å². The van der Waals surface area contributed by atoms with Crippen LogP contribution in [0.2, 0.25) is 0 Å². The molecule has 11 heteroatoms. The van der Waals surface area contributed by atoms with Crippen molar-refractivity contribution < 1.29 is 47.6 Å². The molecule has 0 amide bonds. The predicted molar refractivity (Wildman–Crippen MR) is 267 cm³/mol. The van der Waals surface area contributed by atoms with Crippen LogP contribution in [0.4, 0.5) is 0 Å². The van der Waals surface area contributed by atoms with Crippen molar-refractivity contribution in [3.05, 3.63) is 36.5 Å². The summed E-state index contributed by atoms with van der Waals surface area (Å²) in [5.41, 5.74) is 0. The van der Waals surface area contributed by atoms with Gasteiger partial charge in [0.2, 0.25) is 0 Å². The van der Waals surface area contributed by atoms with E-state index in [2.05, 4.69) is 57.2 Å². The van der Waals surface area contributed by atoms with Gasteiger partial charge in [-0.05, 0) is 96.3 Å². The second-order valence-corrected chi connectivity index (χ2v) is 19.4. The summed E-state index contributed by atoms with van der Waals surface area (Å²) in [5, 5.41) is 0. The minimum Gasteiger partial charge on any atom is -0.288 e. The van der Waals surface area contributed by atoms with Crippen LogP contribution in [0.15, 0.2) is 36.5 Å². The highest BCUT2D eigenvalue weighted by atomic mass is 31.2. The quantitative estimate of drug-likeness (QED) is 0.0191. The lowest BCUT2D eigenvalue weighted by atomic mass is 10.1. The lowest BCUT2D eigenvalue weighted by molar-refractivity contribution is -0.296. The minimum absolute atomic E-state index is 0.0166. The Labute approximate surface area is 399 Å². The topological polar surface area (TPSA) is 124 Å². The third-order valence-corrected chi connectivity index (χ3v) is 12.4. The monoisotopic (exact) mass is 939 g/mol. The fourth-order valence-electron chi connectivity index (χ4n) is 7.44. The van der Waals surface area contributed by atoms with Crippen molar-refractivity contribution in [1.82, 2.24) is 0 Å². The Morgan fingerprint density at radius 3 is 0.692 bits per heavy atom. The van der Waals surface area contributed by atoms with Crippen LogP contribution in [0, 0.1) is 0 Å². The fraction of sp³-hybridized carbons (Fsp3) is 0.833. The number of hydrogen-bond acceptors (Lipinski definition) is 10. The van der Waals surface area contributed by atoms with Crippen molar-refractivity contribution in [2.45, 2.75) is 290 Å². The van der Waals surface area contributed by atoms with E-state index < -0.39 is 25.7 Å². The molecule has 0 rings (SSSR count). The first-order chi connectivity index (χ1) is 31.9. The number of rotatable bonds is 51. The van der Waals surface area contributed by atoms with Gasteiger partial charge < -0.3 is 0 Å². The van der Waals surface area contributed by atoms with Gasteiger partial charge in [-0.2, -0.15) is 0 Å². The first kappa shape index (κ1) is 62.7. The molecule has 0 fully saturated rings. The molecule has 0 N–H and O–H groups in total. The van der Waals surface area contributed by atoms with Crippen molar-refractivity contribution in [1.29, 1.82) is 0 Å². The number of hydrogen-bond donors (Lipinski definition) is 0. The molecule has 0 atom stereocenters. The van der Waals surface area contributed by atoms with Crippen molar-refractivity contribution >= 4 is 25.7 Å². The molecule has 0 saturated heterocycles. The molecule has 10 nitrogen and oxygen atoms in total.